The van der Waals surface area contributed by atoms with Crippen LogP contribution in [0.4, 0.5) is 14.6 Å². The Morgan fingerprint density at radius 1 is 1.14 bits per heavy atom. The zero-order chi connectivity index (χ0) is 25.4. The lowest BCUT2D eigenvalue weighted by atomic mass is 9.95. The maximum Gasteiger partial charge on any atom is 0.327 e. The summed E-state index contributed by atoms with van der Waals surface area (Å²) in [6.45, 7) is 5.54. The van der Waals surface area contributed by atoms with E-state index < -0.39 is 11.6 Å². The Labute approximate surface area is 207 Å². The fourth-order valence-corrected chi connectivity index (χ4v) is 4.90. The number of halogens is 2. The highest BCUT2D eigenvalue weighted by Crippen LogP contribution is 2.33. The van der Waals surface area contributed by atoms with Gasteiger partial charge in [0, 0.05) is 50.4 Å². The summed E-state index contributed by atoms with van der Waals surface area (Å²) in [5.41, 5.74) is 2.30. The van der Waals surface area contributed by atoms with Gasteiger partial charge in [0.2, 0.25) is 0 Å². The Balaban J connectivity index is 1.41. The van der Waals surface area contributed by atoms with E-state index >= 15 is 0 Å². The molecule has 9 nitrogen and oxygen atoms in total. The Hall–Kier alpha value is -3.60. The number of hydrogen-bond acceptors (Lipinski definition) is 6. The number of fused-ring (bicyclic) bond motifs is 1. The first-order chi connectivity index (χ1) is 17.4. The molecular formula is C25H30F2N8O. The summed E-state index contributed by atoms with van der Waals surface area (Å²) in [7, 11) is 4.04. The van der Waals surface area contributed by atoms with Crippen molar-refractivity contribution in [2.45, 2.75) is 38.8 Å². The number of anilines is 1. The van der Waals surface area contributed by atoms with Crippen LogP contribution in [0.2, 0.25) is 0 Å². The number of H-pyrrole nitrogens is 1. The Kier molecular flexibility index (Phi) is 6.57. The number of piperidine rings is 1. The van der Waals surface area contributed by atoms with Gasteiger partial charge in [-0.25, -0.2) is 28.5 Å². The van der Waals surface area contributed by atoms with E-state index in [9.17, 15) is 13.6 Å². The third-order valence-corrected chi connectivity index (χ3v) is 6.83. The van der Waals surface area contributed by atoms with Crippen molar-refractivity contribution in [1.29, 1.82) is 0 Å². The number of nitrogens with zero attached hydrogens (tertiary/aromatic N) is 7. The van der Waals surface area contributed by atoms with Crippen molar-refractivity contribution in [2.75, 3.05) is 38.6 Å². The number of benzene rings is 1. The van der Waals surface area contributed by atoms with E-state index in [1.165, 1.54) is 12.4 Å². The van der Waals surface area contributed by atoms with Crippen LogP contribution in [0.5, 0.6) is 0 Å². The zero-order valence-corrected chi connectivity index (χ0v) is 20.7. The van der Waals surface area contributed by atoms with Gasteiger partial charge < -0.3 is 14.4 Å². The van der Waals surface area contributed by atoms with Crippen LogP contribution in [0, 0.1) is 11.6 Å². The second-order valence-corrected chi connectivity index (χ2v) is 9.44. The Morgan fingerprint density at radius 2 is 1.92 bits per heavy atom. The fourth-order valence-electron chi connectivity index (χ4n) is 4.90. The average molecular weight is 497 g/mol. The largest absolute Gasteiger partial charge is 0.355 e. The fraction of sp³-hybridized carbons (Fsp3) is 0.440. The number of aromatic nitrogens is 6. The standard InChI is InChI=1S/C25H30F2N8O/c1-4-35-21-22(31-25(35)36)28-15-29-24(21)33-9-7-16(8-10-33)23-30-20(14-34(23)12-11-32(2)3)17-5-6-18(26)19(27)13-17/h5-6,13-16H,4,7-12H2,1-3H3,(H,28,29,31,36). The third-order valence-electron chi connectivity index (χ3n) is 6.83. The maximum absolute atomic E-state index is 13.9. The number of rotatable bonds is 7. The highest BCUT2D eigenvalue weighted by Gasteiger charge is 2.28. The molecule has 0 unspecified atom stereocenters. The van der Waals surface area contributed by atoms with Crippen molar-refractivity contribution in [3.05, 3.63) is 58.7 Å². The van der Waals surface area contributed by atoms with Gasteiger partial charge in [0.05, 0.1) is 5.69 Å². The lowest BCUT2D eigenvalue weighted by molar-refractivity contribution is 0.372. The number of aryl methyl sites for hydroxylation is 1. The van der Waals surface area contributed by atoms with E-state index in [4.69, 9.17) is 4.98 Å². The molecular weight excluding hydrogens is 466 g/mol. The average Bonchev–Trinajstić information content (AvgIpc) is 3.44. The molecule has 1 fully saturated rings. The smallest absolute Gasteiger partial charge is 0.327 e. The van der Waals surface area contributed by atoms with Gasteiger partial charge in [0.25, 0.3) is 0 Å². The molecule has 1 aliphatic rings. The molecule has 1 aromatic carbocycles. The predicted octanol–water partition coefficient (Wildman–Crippen LogP) is 3.23. The second kappa shape index (κ2) is 9.81. The van der Waals surface area contributed by atoms with Crippen molar-refractivity contribution in [1.82, 2.24) is 34.0 Å². The first-order valence-corrected chi connectivity index (χ1v) is 12.2. The van der Waals surface area contributed by atoms with Crippen LogP contribution in [-0.2, 0) is 13.1 Å². The molecule has 0 saturated carbocycles. The van der Waals surface area contributed by atoms with E-state index in [1.807, 2.05) is 27.2 Å². The van der Waals surface area contributed by atoms with Crippen LogP contribution in [0.25, 0.3) is 22.4 Å². The van der Waals surface area contributed by atoms with E-state index in [0.29, 0.717) is 23.4 Å². The van der Waals surface area contributed by atoms with Gasteiger partial charge in [0.15, 0.2) is 23.1 Å². The van der Waals surface area contributed by atoms with Crippen molar-refractivity contribution >= 4 is 17.0 Å². The molecule has 4 heterocycles. The molecule has 0 amide bonds. The summed E-state index contributed by atoms with van der Waals surface area (Å²) in [5, 5.41) is 0. The molecule has 5 rings (SSSR count). The molecule has 1 saturated heterocycles. The summed E-state index contributed by atoms with van der Waals surface area (Å²) >= 11 is 0. The van der Waals surface area contributed by atoms with Crippen LogP contribution in [-0.4, -0.2) is 67.7 Å². The molecule has 3 aromatic heterocycles. The zero-order valence-electron chi connectivity index (χ0n) is 20.7. The SMILES string of the molecule is CCn1c(=O)[nH]c2ncnc(N3CCC(c4nc(-c5ccc(F)c(F)c5)cn4CCN(C)C)CC3)c21. The van der Waals surface area contributed by atoms with Gasteiger partial charge in [-0.1, -0.05) is 0 Å². The minimum atomic E-state index is -0.878. The normalized spacial score (nSPS) is 14.9. The summed E-state index contributed by atoms with van der Waals surface area (Å²) in [5.74, 6) is 0.178. The van der Waals surface area contributed by atoms with Gasteiger partial charge in [-0.05, 0) is 52.1 Å². The Morgan fingerprint density at radius 3 is 2.61 bits per heavy atom. The van der Waals surface area contributed by atoms with Crippen molar-refractivity contribution in [2.24, 2.45) is 0 Å². The van der Waals surface area contributed by atoms with E-state index in [2.05, 4.69) is 29.3 Å². The second-order valence-electron chi connectivity index (χ2n) is 9.44. The topological polar surface area (TPSA) is 87.9 Å². The molecule has 11 heteroatoms. The van der Waals surface area contributed by atoms with E-state index in [1.54, 1.807) is 10.6 Å². The first-order valence-electron chi connectivity index (χ1n) is 12.2. The molecule has 0 radical (unpaired) electrons. The quantitative estimate of drug-likeness (QED) is 0.423. The van der Waals surface area contributed by atoms with Crippen LogP contribution < -0.4 is 10.6 Å². The molecule has 0 atom stereocenters. The van der Waals surface area contributed by atoms with Crippen LogP contribution in [0.15, 0.2) is 35.5 Å². The lowest BCUT2D eigenvalue weighted by Crippen LogP contribution is -2.35. The monoisotopic (exact) mass is 496 g/mol. The minimum absolute atomic E-state index is 0.184. The summed E-state index contributed by atoms with van der Waals surface area (Å²) in [4.78, 5) is 33.1. The number of imidazole rings is 2. The third kappa shape index (κ3) is 4.50. The highest BCUT2D eigenvalue weighted by atomic mass is 19.2. The van der Waals surface area contributed by atoms with Crippen molar-refractivity contribution < 1.29 is 8.78 Å². The number of hydrogen-bond donors (Lipinski definition) is 1. The number of nitrogens with one attached hydrogen (secondary N) is 1. The molecule has 0 aliphatic carbocycles. The van der Waals surface area contributed by atoms with Crippen LogP contribution >= 0.6 is 0 Å². The van der Waals surface area contributed by atoms with Crippen molar-refractivity contribution in [3.8, 4) is 11.3 Å². The molecule has 36 heavy (non-hydrogen) atoms. The number of likely N-dealkylation sites (N-methyl/N-ethyl adjacent to an activating group) is 1. The summed E-state index contributed by atoms with van der Waals surface area (Å²) < 4.78 is 31.2. The molecule has 1 N–H and O–H groups in total. The summed E-state index contributed by atoms with van der Waals surface area (Å²) in [6, 6.07) is 3.90. The lowest BCUT2D eigenvalue weighted by Gasteiger charge is -2.33. The van der Waals surface area contributed by atoms with E-state index in [0.717, 1.165) is 62.2 Å². The van der Waals surface area contributed by atoms with Gasteiger partial charge in [-0.3, -0.25) is 9.55 Å². The first kappa shape index (κ1) is 24.1. The van der Waals surface area contributed by atoms with Crippen LogP contribution in [0.1, 0.15) is 31.5 Å². The molecule has 0 spiro atoms. The number of aromatic amines is 1. The van der Waals surface area contributed by atoms with Gasteiger partial charge in [-0.15, -0.1) is 0 Å². The van der Waals surface area contributed by atoms with Crippen molar-refractivity contribution in [3.63, 3.8) is 0 Å². The molecule has 0 bridgehead atoms. The molecule has 190 valence electrons. The molecule has 1 aliphatic heterocycles. The van der Waals surface area contributed by atoms with Gasteiger partial charge in [0.1, 0.15) is 17.7 Å². The van der Waals surface area contributed by atoms with Gasteiger partial charge in [-0.2, -0.15) is 0 Å². The van der Waals surface area contributed by atoms with E-state index in [-0.39, 0.29) is 11.6 Å². The van der Waals surface area contributed by atoms with Gasteiger partial charge >= 0.3 is 5.69 Å². The predicted molar refractivity (Wildman–Crippen MR) is 134 cm³/mol. The summed E-state index contributed by atoms with van der Waals surface area (Å²) in [6.07, 6.45) is 5.12. The maximum atomic E-state index is 13.9. The minimum Gasteiger partial charge on any atom is -0.355 e. The highest BCUT2D eigenvalue weighted by molar-refractivity contribution is 5.83. The Bertz CT molecular complexity index is 1430. The molecule has 4 aromatic rings. The van der Waals surface area contributed by atoms with Crippen LogP contribution in [0.3, 0.4) is 0 Å².